The van der Waals surface area contributed by atoms with E-state index < -0.39 is 35.5 Å². The van der Waals surface area contributed by atoms with Crippen LogP contribution in [-0.4, -0.2) is 42.6 Å². The molecule has 0 fully saturated rings. The zero-order valence-electron chi connectivity index (χ0n) is 21.7. The molecule has 196 valence electrons. The zero-order valence-corrected chi connectivity index (χ0v) is 21.7. The maximum atomic E-state index is 12.4. The first-order valence-electron chi connectivity index (χ1n) is 12.1. The van der Waals surface area contributed by atoms with E-state index in [9.17, 15) is 19.2 Å². The van der Waals surface area contributed by atoms with Gasteiger partial charge in [-0.1, -0.05) is 26.8 Å². The molecule has 0 spiro atoms. The summed E-state index contributed by atoms with van der Waals surface area (Å²) in [6.45, 7) is 10.7. The largest absolute Gasteiger partial charge is 0.461 e. The van der Waals surface area contributed by atoms with Gasteiger partial charge in [0.05, 0.1) is 5.41 Å². The number of carbonyl (C=O) groups excluding carboxylic acids is 4. The fraction of sp³-hybridized carbons (Fsp3) is 0.615. The van der Waals surface area contributed by atoms with Crippen LogP contribution < -0.4 is 15.2 Å². The Balaban J connectivity index is 2.82. The first-order valence-corrected chi connectivity index (χ1v) is 12.1. The average Bonchev–Trinajstić information content (AvgIpc) is 2.79. The molecule has 9 nitrogen and oxygen atoms in total. The lowest BCUT2D eigenvalue weighted by Crippen LogP contribution is -2.38. The van der Waals surface area contributed by atoms with E-state index >= 15 is 0 Å². The smallest absolute Gasteiger partial charge is 0.323 e. The summed E-state index contributed by atoms with van der Waals surface area (Å²) < 4.78 is 21.3. The van der Waals surface area contributed by atoms with Gasteiger partial charge in [-0.05, 0) is 64.2 Å². The molecular formula is C26H39NO8. The van der Waals surface area contributed by atoms with Crippen molar-refractivity contribution < 1.29 is 38.1 Å². The first-order chi connectivity index (χ1) is 16.4. The fourth-order valence-corrected chi connectivity index (χ4v) is 2.79. The van der Waals surface area contributed by atoms with E-state index in [1.165, 1.54) is 12.1 Å². The van der Waals surface area contributed by atoms with Crippen LogP contribution in [0.2, 0.25) is 0 Å². The van der Waals surface area contributed by atoms with E-state index in [4.69, 9.17) is 24.7 Å². The minimum absolute atomic E-state index is 0.0733. The van der Waals surface area contributed by atoms with E-state index in [-0.39, 0.29) is 43.3 Å². The molecule has 0 aliphatic carbocycles. The van der Waals surface area contributed by atoms with E-state index in [0.717, 1.165) is 0 Å². The van der Waals surface area contributed by atoms with Crippen LogP contribution in [0.5, 0.6) is 11.5 Å². The molecule has 0 bridgehead atoms. The highest BCUT2D eigenvalue weighted by Crippen LogP contribution is 2.30. The zero-order chi connectivity index (χ0) is 26.6. The van der Waals surface area contributed by atoms with Gasteiger partial charge in [0.15, 0.2) is 11.5 Å². The Bertz CT molecular complexity index is 880. The number of carbonyl (C=O) groups is 4. The van der Waals surface area contributed by atoms with E-state index in [1.807, 2.05) is 20.8 Å². The van der Waals surface area contributed by atoms with E-state index in [1.54, 1.807) is 26.8 Å². The topological polar surface area (TPSA) is 131 Å². The molecular weight excluding hydrogens is 454 g/mol. The van der Waals surface area contributed by atoms with Gasteiger partial charge in [-0.3, -0.25) is 19.2 Å². The van der Waals surface area contributed by atoms with Gasteiger partial charge >= 0.3 is 23.9 Å². The molecule has 0 saturated carbocycles. The second-order valence-electron chi connectivity index (χ2n) is 9.12. The van der Waals surface area contributed by atoms with Gasteiger partial charge in [0, 0.05) is 12.8 Å². The van der Waals surface area contributed by atoms with Crippen molar-refractivity contribution in [2.75, 3.05) is 6.61 Å². The summed E-state index contributed by atoms with van der Waals surface area (Å²) >= 11 is 0. The highest BCUT2D eigenvalue weighted by atomic mass is 16.6. The third kappa shape index (κ3) is 10.5. The van der Waals surface area contributed by atoms with Gasteiger partial charge < -0.3 is 24.7 Å². The molecule has 0 saturated heterocycles. The molecule has 0 aromatic heterocycles. The molecule has 9 heteroatoms. The van der Waals surface area contributed by atoms with Crippen molar-refractivity contribution in [1.82, 2.24) is 0 Å². The van der Waals surface area contributed by atoms with Gasteiger partial charge in [-0.25, -0.2) is 0 Å². The number of rotatable bonds is 14. The molecule has 35 heavy (non-hydrogen) atoms. The van der Waals surface area contributed by atoms with Crippen LogP contribution >= 0.6 is 0 Å². The van der Waals surface area contributed by atoms with Crippen LogP contribution in [0, 0.1) is 5.41 Å². The van der Waals surface area contributed by atoms with Crippen LogP contribution in [0.3, 0.4) is 0 Å². The normalized spacial score (nSPS) is 12.9. The maximum Gasteiger partial charge on any atom is 0.323 e. The third-order valence-corrected chi connectivity index (χ3v) is 5.33. The number of esters is 4. The Labute approximate surface area is 207 Å². The Morgan fingerprint density at radius 1 is 0.943 bits per heavy atom. The Morgan fingerprint density at radius 2 is 1.51 bits per heavy atom. The highest BCUT2D eigenvalue weighted by Gasteiger charge is 2.28. The Hall–Kier alpha value is -2.94. The SMILES string of the molecule is CCCC(=O)Oc1ccc(C[C@H](N)C(=O)O[C@@H](C)COC(=O)C(C)(C)CC)cc1OC(=O)CCC. The molecule has 1 aromatic carbocycles. The van der Waals surface area contributed by atoms with Crippen LogP contribution in [0.15, 0.2) is 18.2 Å². The summed E-state index contributed by atoms with van der Waals surface area (Å²) in [4.78, 5) is 48.5. The van der Waals surface area contributed by atoms with Crippen LogP contribution in [-0.2, 0) is 35.1 Å². The van der Waals surface area contributed by atoms with Crippen molar-refractivity contribution in [1.29, 1.82) is 0 Å². The molecule has 2 N–H and O–H groups in total. The van der Waals surface area contributed by atoms with Gasteiger partial charge in [0.1, 0.15) is 18.8 Å². The van der Waals surface area contributed by atoms with Gasteiger partial charge in [-0.2, -0.15) is 0 Å². The molecule has 0 aliphatic rings. The number of hydrogen-bond acceptors (Lipinski definition) is 9. The minimum Gasteiger partial charge on any atom is -0.461 e. The third-order valence-electron chi connectivity index (χ3n) is 5.33. The molecule has 0 unspecified atom stereocenters. The summed E-state index contributed by atoms with van der Waals surface area (Å²) in [6, 6.07) is 3.66. The second kappa shape index (κ2) is 14.5. The fourth-order valence-electron chi connectivity index (χ4n) is 2.79. The number of ether oxygens (including phenoxy) is 4. The molecule has 0 radical (unpaired) electrons. The Kier molecular flexibility index (Phi) is 12.4. The summed E-state index contributed by atoms with van der Waals surface area (Å²) in [7, 11) is 0. The van der Waals surface area contributed by atoms with E-state index in [0.29, 0.717) is 24.8 Å². The molecule has 0 amide bonds. The average molecular weight is 494 g/mol. The van der Waals surface area contributed by atoms with E-state index in [2.05, 4.69) is 0 Å². The lowest BCUT2D eigenvalue weighted by atomic mass is 9.91. The van der Waals surface area contributed by atoms with Gasteiger partial charge in [0.2, 0.25) is 0 Å². The van der Waals surface area contributed by atoms with Crippen molar-refractivity contribution in [3.63, 3.8) is 0 Å². The van der Waals surface area contributed by atoms with Crippen molar-refractivity contribution >= 4 is 23.9 Å². The molecule has 1 rings (SSSR count). The predicted molar refractivity (Wildman–Crippen MR) is 130 cm³/mol. The maximum absolute atomic E-state index is 12.4. The van der Waals surface area contributed by atoms with Crippen molar-refractivity contribution in [2.45, 2.75) is 92.2 Å². The van der Waals surface area contributed by atoms with Crippen LogP contribution in [0.25, 0.3) is 0 Å². The first kappa shape index (κ1) is 30.1. The number of nitrogens with two attached hydrogens (primary N) is 1. The van der Waals surface area contributed by atoms with Crippen molar-refractivity contribution in [3.8, 4) is 11.5 Å². The van der Waals surface area contributed by atoms with Crippen molar-refractivity contribution in [2.24, 2.45) is 11.1 Å². The minimum atomic E-state index is -1.01. The summed E-state index contributed by atoms with van der Waals surface area (Å²) in [5.41, 5.74) is 6.00. The monoisotopic (exact) mass is 493 g/mol. The standard InChI is InChI=1S/C26H39NO8/c1-7-10-22(28)34-20-13-12-18(15-21(20)35-23(29)11-8-2)14-19(27)24(30)33-17(4)16-32-25(31)26(5,6)9-3/h12-13,15,17,19H,7-11,14,16,27H2,1-6H3/t17-,19-/m0/s1. The molecule has 2 atom stereocenters. The van der Waals surface area contributed by atoms with Crippen LogP contribution in [0.1, 0.15) is 79.2 Å². The van der Waals surface area contributed by atoms with Gasteiger partial charge in [0.25, 0.3) is 0 Å². The molecule has 0 aliphatic heterocycles. The molecule has 1 aromatic rings. The predicted octanol–water partition coefficient (Wildman–Crippen LogP) is 3.88. The number of benzene rings is 1. The summed E-state index contributed by atoms with van der Waals surface area (Å²) in [6.07, 6.45) is 1.69. The Morgan fingerprint density at radius 3 is 2.06 bits per heavy atom. The molecule has 0 heterocycles. The summed E-state index contributed by atoms with van der Waals surface area (Å²) in [5.74, 6) is -1.72. The lowest BCUT2D eigenvalue weighted by Gasteiger charge is -2.22. The van der Waals surface area contributed by atoms with Crippen molar-refractivity contribution in [3.05, 3.63) is 23.8 Å². The summed E-state index contributed by atoms with van der Waals surface area (Å²) in [5, 5.41) is 0. The van der Waals surface area contributed by atoms with Gasteiger partial charge in [-0.15, -0.1) is 0 Å². The lowest BCUT2D eigenvalue weighted by molar-refractivity contribution is -0.164. The highest BCUT2D eigenvalue weighted by molar-refractivity contribution is 5.78. The quantitative estimate of drug-likeness (QED) is 0.303. The van der Waals surface area contributed by atoms with Crippen LogP contribution in [0.4, 0.5) is 0 Å². The second-order valence-corrected chi connectivity index (χ2v) is 9.12. The number of hydrogen-bond donors (Lipinski definition) is 1.